The van der Waals surface area contributed by atoms with E-state index in [2.05, 4.69) is 410 Å². The summed E-state index contributed by atoms with van der Waals surface area (Å²) in [6, 6.07) is 150. The van der Waals surface area contributed by atoms with Crippen LogP contribution in [0.3, 0.4) is 0 Å². The lowest BCUT2D eigenvalue weighted by molar-refractivity contribution is 0.952. The van der Waals surface area contributed by atoms with Crippen LogP contribution in [0.4, 0.5) is 0 Å². The lowest BCUT2D eigenvalue weighted by atomic mass is 10.1. The van der Waals surface area contributed by atoms with Crippen LogP contribution in [0.5, 0.6) is 0 Å². The summed E-state index contributed by atoms with van der Waals surface area (Å²) in [5.41, 5.74) is 15.3. The Morgan fingerprint density at radius 1 is 0.180 bits per heavy atom. The van der Waals surface area contributed by atoms with Gasteiger partial charge in [-0.3, -0.25) is 9.13 Å². The molecule has 3 heterocycles. The molecule has 15 aromatic carbocycles. The minimum atomic E-state index is -3.64. The predicted octanol–water partition coefficient (Wildman–Crippen LogP) is 17.8. The van der Waals surface area contributed by atoms with Gasteiger partial charge in [-0.25, -0.2) is 4.98 Å². The molecule has 0 saturated heterocycles. The fraction of sp³-hybridized carbons (Fsp3) is 0. The number of nitrogens with zero attached hydrogens (tertiary/aromatic N) is 4. The van der Waals surface area contributed by atoms with E-state index >= 15 is 0 Å². The summed E-state index contributed by atoms with van der Waals surface area (Å²) in [5, 5.41) is 14.6. The monoisotopic (exact) mass is 1310 g/mol. The minimum Gasteiger partial charge on any atom is -0.294 e. The smallest absolute Gasteiger partial charge is 0.237 e. The van der Waals surface area contributed by atoms with Crippen LogP contribution in [0, 0.1) is 0 Å². The van der Waals surface area contributed by atoms with Gasteiger partial charge in [-0.1, -0.05) is 370 Å². The Morgan fingerprint density at radius 3 is 0.770 bits per heavy atom. The summed E-state index contributed by atoms with van der Waals surface area (Å²) in [6.07, 6.45) is 0. The molecule has 18 rings (SSSR count). The maximum absolute atomic E-state index is 6.08. The van der Waals surface area contributed by atoms with Gasteiger partial charge in [0.1, 0.15) is 5.82 Å². The second kappa shape index (κ2) is 25.4. The molecule has 0 radical (unpaired) electrons. The molecule has 470 valence electrons. The average molecular weight is 1310 g/mol. The number of hydrogen-bond donors (Lipinski definition) is 0. The van der Waals surface area contributed by atoms with Crippen molar-refractivity contribution in [1.29, 1.82) is 0 Å². The number of rotatable bonds is 15. The van der Waals surface area contributed by atoms with Crippen LogP contribution < -0.4 is 41.5 Å². The van der Waals surface area contributed by atoms with Crippen LogP contribution >= 0.6 is 0 Å². The molecule has 3 aromatic heterocycles. The molecule has 0 fully saturated rings. The van der Waals surface area contributed by atoms with Crippen LogP contribution in [0.2, 0.25) is 0 Å². The molecule has 0 spiro atoms. The second-order valence-electron chi connectivity index (χ2n) is 26.0. The van der Waals surface area contributed by atoms with Crippen molar-refractivity contribution in [3.05, 3.63) is 400 Å². The highest BCUT2D eigenvalue weighted by atomic mass is 28.3. The molecular weight excluding hydrogens is 1240 g/mol. The van der Waals surface area contributed by atoms with Crippen LogP contribution in [-0.4, -0.2) is 35.2 Å². The lowest BCUT2D eigenvalue weighted by Gasteiger charge is -2.39. The minimum absolute atomic E-state index is 0.578. The molecule has 0 atom stereocenters. The van der Waals surface area contributed by atoms with E-state index in [-0.39, 0.29) is 0 Å². The Hall–Kier alpha value is -12.6. The number of hydrogen-bond acceptors (Lipinski definition) is 2. The SMILES string of the molecule is c1ccc(-c2cccc([Si](c3ccccc3)(c3cccc(-c4ccccc4)c3)c3cc(-c4cc(-n5c6ccccc6c6ccccc65)nc(-n5c6ccccc6c6ccccc65)n4)cc([Si](c4ccccc4)(c4cccc(-c5ccccc5)c4)c4cccc(-c5ccccc5)c4)c3)c2)cc1. The molecule has 0 aliphatic carbocycles. The zero-order valence-electron chi connectivity index (χ0n) is 54.9. The van der Waals surface area contributed by atoms with Gasteiger partial charge in [-0.05, 0) is 110 Å². The van der Waals surface area contributed by atoms with Crippen molar-refractivity contribution in [3.63, 3.8) is 0 Å². The third-order valence-corrected chi connectivity index (χ3v) is 29.8. The van der Waals surface area contributed by atoms with Gasteiger partial charge in [0, 0.05) is 33.2 Å². The first-order chi connectivity index (χ1) is 49.6. The van der Waals surface area contributed by atoms with E-state index < -0.39 is 16.1 Å². The van der Waals surface area contributed by atoms with E-state index in [1.807, 2.05) is 0 Å². The third kappa shape index (κ3) is 10.3. The average Bonchev–Trinajstić information content (AvgIpc) is 0.873. The highest BCUT2D eigenvalue weighted by molar-refractivity contribution is 7.22. The molecule has 0 amide bonds. The maximum Gasteiger partial charge on any atom is 0.237 e. The topological polar surface area (TPSA) is 35.6 Å². The van der Waals surface area contributed by atoms with Gasteiger partial charge >= 0.3 is 0 Å². The van der Waals surface area contributed by atoms with Gasteiger partial charge in [0.15, 0.2) is 16.1 Å². The number of fused-ring (bicyclic) bond motifs is 6. The molecule has 0 bridgehead atoms. The molecule has 4 nitrogen and oxygen atoms in total. The van der Waals surface area contributed by atoms with E-state index in [1.165, 1.54) is 41.5 Å². The van der Waals surface area contributed by atoms with Crippen LogP contribution in [0.15, 0.2) is 400 Å². The maximum atomic E-state index is 6.08. The molecule has 0 saturated carbocycles. The largest absolute Gasteiger partial charge is 0.294 e. The summed E-state index contributed by atoms with van der Waals surface area (Å²) in [7, 11) is -7.29. The summed E-state index contributed by atoms with van der Waals surface area (Å²) in [5.74, 6) is 1.34. The molecule has 0 aliphatic heterocycles. The summed E-state index contributed by atoms with van der Waals surface area (Å²) < 4.78 is 4.65. The van der Waals surface area contributed by atoms with Crippen molar-refractivity contribution in [2.24, 2.45) is 0 Å². The van der Waals surface area contributed by atoms with Crippen molar-refractivity contribution >= 4 is 101 Å². The van der Waals surface area contributed by atoms with Gasteiger partial charge in [0.25, 0.3) is 0 Å². The molecular formula is C94H66N4Si2. The first kappa shape index (κ1) is 59.9. The second-order valence-corrected chi connectivity index (χ2v) is 33.6. The number of para-hydroxylation sites is 4. The van der Waals surface area contributed by atoms with E-state index in [1.54, 1.807) is 0 Å². The van der Waals surface area contributed by atoms with Crippen molar-refractivity contribution in [2.75, 3.05) is 0 Å². The first-order valence-corrected chi connectivity index (χ1v) is 38.4. The van der Waals surface area contributed by atoms with Crippen molar-refractivity contribution in [3.8, 4) is 67.5 Å². The van der Waals surface area contributed by atoms with Crippen molar-refractivity contribution in [1.82, 2.24) is 19.1 Å². The Labute approximate surface area is 584 Å². The Kier molecular flexibility index (Phi) is 15.2. The lowest BCUT2D eigenvalue weighted by Crippen LogP contribution is -2.78. The molecule has 0 aliphatic rings. The van der Waals surface area contributed by atoms with Crippen LogP contribution in [-0.2, 0) is 0 Å². The van der Waals surface area contributed by atoms with E-state index in [9.17, 15) is 0 Å². The molecule has 6 heteroatoms. The molecule has 100 heavy (non-hydrogen) atoms. The Bertz CT molecular complexity index is 5400. The zero-order chi connectivity index (χ0) is 66.4. The zero-order valence-corrected chi connectivity index (χ0v) is 56.9. The quantitative estimate of drug-likeness (QED) is 0.0757. The highest BCUT2D eigenvalue weighted by Gasteiger charge is 2.47. The Morgan fingerprint density at radius 2 is 0.440 bits per heavy atom. The number of benzene rings is 15. The van der Waals surface area contributed by atoms with Crippen LogP contribution in [0.1, 0.15) is 0 Å². The van der Waals surface area contributed by atoms with Crippen LogP contribution in [0.25, 0.3) is 111 Å². The van der Waals surface area contributed by atoms with Gasteiger partial charge in [-0.2, -0.15) is 4.98 Å². The highest BCUT2D eigenvalue weighted by Crippen LogP contribution is 2.37. The number of aromatic nitrogens is 4. The predicted molar refractivity (Wildman–Crippen MR) is 425 cm³/mol. The molecule has 0 unspecified atom stereocenters. The van der Waals surface area contributed by atoms with Crippen molar-refractivity contribution in [2.45, 2.75) is 0 Å². The fourth-order valence-corrected chi connectivity index (χ4v) is 25.8. The van der Waals surface area contributed by atoms with Gasteiger partial charge in [-0.15, -0.1) is 0 Å². The van der Waals surface area contributed by atoms with E-state index in [4.69, 9.17) is 9.97 Å². The summed E-state index contributed by atoms with van der Waals surface area (Å²) >= 11 is 0. The van der Waals surface area contributed by atoms with E-state index in [0.717, 1.165) is 105 Å². The van der Waals surface area contributed by atoms with Gasteiger partial charge in [0.05, 0.1) is 27.8 Å². The fourth-order valence-electron chi connectivity index (χ4n) is 15.9. The third-order valence-electron chi connectivity index (χ3n) is 20.4. The normalized spacial score (nSPS) is 11.8. The molecule has 18 aromatic rings. The van der Waals surface area contributed by atoms with E-state index in [0.29, 0.717) is 5.95 Å². The van der Waals surface area contributed by atoms with Gasteiger partial charge in [0.2, 0.25) is 5.95 Å². The van der Waals surface area contributed by atoms with Gasteiger partial charge < -0.3 is 0 Å². The Balaban J connectivity index is 1.04. The first-order valence-electron chi connectivity index (χ1n) is 34.4. The standard InChI is InChI=1S/C94H66N4Si2/c1-7-31-67(32-8-1)71-39-27-47-78(59-71)99(76-43-15-5-16-44-76,79-48-28-40-72(60-79)68-33-9-2-10-34-68)82-63-75(88-66-93(97-89-55-23-19-51-84(89)85-52-20-24-56-90(85)97)96-94(95-88)98-91-57-25-21-53-86(91)87-54-22-26-58-92(87)98)64-83(65-82)100(77-45-17-6-18-46-77,80-49-29-41-73(61-80)69-35-11-3-12-36-69)81-50-30-42-74(62-81)70-37-13-4-14-38-70/h1-66H. The van der Waals surface area contributed by atoms with Crippen molar-refractivity contribution < 1.29 is 0 Å². The summed E-state index contributed by atoms with van der Waals surface area (Å²) in [6.45, 7) is 0. The molecule has 0 N–H and O–H groups in total. The summed E-state index contributed by atoms with van der Waals surface area (Å²) in [4.78, 5) is 11.9.